The average molecular weight is 246 g/mol. The lowest BCUT2D eigenvalue weighted by Gasteiger charge is -2.20. The SMILES string of the molecule is COC1CCCC1NCc1cccc2c1NCC2. The van der Waals surface area contributed by atoms with Crippen LogP contribution in [0, 0.1) is 0 Å². The van der Waals surface area contributed by atoms with Gasteiger partial charge in [-0.2, -0.15) is 0 Å². The van der Waals surface area contributed by atoms with Gasteiger partial charge in [0.15, 0.2) is 0 Å². The van der Waals surface area contributed by atoms with Crippen LogP contribution in [0.3, 0.4) is 0 Å². The van der Waals surface area contributed by atoms with E-state index in [1.165, 1.54) is 36.1 Å². The fraction of sp³-hybridized carbons (Fsp3) is 0.600. The first kappa shape index (κ1) is 12.0. The topological polar surface area (TPSA) is 33.3 Å². The summed E-state index contributed by atoms with van der Waals surface area (Å²) in [6.45, 7) is 2.02. The number of hydrogen-bond donors (Lipinski definition) is 2. The van der Waals surface area contributed by atoms with E-state index in [4.69, 9.17) is 4.74 Å². The predicted octanol–water partition coefficient (Wildman–Crippen LogP) is 2.31. The molecule has 0 spiro atoms. The summed E-state index contributed by atoms with van der Waals surface area (Å²) in [4.78, 5) is 0. The first-order valence-corrected chi connectivity index (χ1v) is 6.99. The third-order valence-electron chi connectivity index (χ3n) is 4.24. The number of anilines is 1. The molecule has 98 valence electrons. The van der Waals surface area contributed by atoms with Gasteiger partial charge in [-0.1, -0.05) is 18.2 Å². The summed E-state index contributed by atoms with van der Waals surface area (Å²) < 4.78 is 5.53. The highest BCUT2D eigenvalue weighted by Crippen LogP contribution is 2.27. The van der Waals surface area contributed by atoms with Gasteiger partial charge in [0.2, 0.25) is 0 Å². The molecule has 1 aromatic rings. The second kappa shape index (κ2) is 5.29. The van der Waals surface area contributed by atoms with Crippen LogP contribution < -0.4 is 10.6 Å². The quantitative estimate of drug-likeness (QED) is 0.855. The van der Waals surface area contributed by atoms with E-state index >= 15 is 0 Å². The standard InChI is InChI=1S/C15H22N2O/c1-18-14-7-3-6-13(14)17-10-12-5-2-4-11-8-9-16-15(11)12/h2,4-5,13-14,16-17H,3,6-10H2,1H3. The molecule has 2 unspecified atom stereocenters. The monoisotopic (exact) mass is 246 g/mol. The number of benzene rings is 1. The van der Waals surface area contributed by atoms with E-state index in [0.717, 1.165) is 19.5 Å². The maximum Gasteiger partial charge on any atom is 0.0724 e. The summed E-state index contributed by atoms with van der Waals surface area (Å²) >= 11 is 0. The molecule has 0 bridgehead atoms. The number of rotatable bonds is 4. The van der Waals surface area contributed by atoms with E-state index < -0.39 is 0 Å². The Morgan fingerprint density at radius 2 is 2.33 bits per heavy atom. The first-order chi connectivity index (χ1) is 8.88. The Balaban J connectivity index is 1.65. The molecule has 18 heavy (non-hydrogen) atoms. The van der Waals surface area contributed by atoms with Gasteiger partial charge < -0.3 is 15.4 Å². The molecule has 1 aromatic carbocycles. The third kappa shape index (κ3) is 2.25. The molecule has 3 nitrogen and oxygen atoms in total. The summed E-state index contributed by atoms with van der Waals surface area (Å²) in [5.41, 5.74) is 4.22. The number of ether oxygens (including phenoxy) is 1. The van der Waals surface area contributed by atoms with E-state index in [1.54, 1.807) is 0 Å². The largest absolute Gasteiger partial charge is 0.384 e. The molecule has 1 saturated carbocycles. The molecule has 0 saturated heterocycles. The van der Waals surface area contributed by atoms with Gasteiger partial charge in [-0.15, -0.1) is 0 Å². The number of methoxy groups -OCH3 is 1. The van der Waals surface area contributed by atoms with Crippen molar-refractivity contribution in [1.82, 2.24) is 5.32 Å². The van der Waals surface area contributed by atoms with Gasteiger partial charge in [0.05, 0.1) is 6.10 Å². The highest BCUT2D eigenvalue weighted by molar-refractivity contribution is 5.61. The lowest BCUT2D eigenvalue weighted by molar-refractivity contribution is 0.0847. The summed E-state index contributed by atoms with van der Waals surface area (Å²) in [6.07, 6.45) is 5.27. The summed E-state index contributed by atoms with van der Waals surface area (Å²) in [6, 6.07) is 7.14. The lowest BCUT2D eigenvalue weighted by atomic mass is 10.1. The predicted molar refractivity (Wildman–Crippen MR) is 73.9 cm³/mol. The van der Waals surface area contributed by atoms with Crippen LogP contribution in [0.2, 0.25) is 0 Å². The Morgan fingerprint density at radius 1 is 1.39 bits per heavy atom. The van der Waals surface area contributed by atoms with Crippen LogP contribution >= 0.6 is 0 Å². The molecule has 1 heterocycles. The molecular weight excluding hydrogens is 224 g/mol. The molecule has 1 aliphatic carbocycles. The molecular formula is C15H22N2O. The Bertz CT molecular complexity index is 419. The van der Waals surface area contributed by atoms with Crippen LogP contribution in [-0.4, -0.2) is 25.8 Å². The highest BCUT2D eigenvalue weighted by atomic mass is 16.5. The molecule has 2 N–H and O–H groups in total. The van der Waals surface area contributed by atoms with Crippen LogP contribution in [0.4, 0.5) is 5.69 Å². The van der Waals surface area contributed by atoms with Crippen molar-refractivity contribution in [2.24, 2.45) is 0 Å². The molecule has 0 aromatic heterocycles. The fourth-order valence-corrected chi connectivity index (χ4v) is 3.24. The molecule has 3 heteroatoms. The zero-order valence-electron chi connectivity index (χ0n) is 11.0. The normalized spacial score (nSPS) is 26.1. The van der Waals surface area contributed by atoms with E-state index in [-0.39, 0.29) is 0 Å². The zero-order chi connectivity index (χ0) is 12.4. The van der Waals surface area contributed by atoms with Gasteiger partial charge >= 0.3 is 0 Å². The minimum Gasteiger partial charge on any atom is -0.384 e. The van der Waals surface area contributed by atoms with Gasteiger partial charge in [-0.05, 0) is 36.8 Å². The van der Waals surface area contributed by atoms with Gasteiger partial charge in [-0.3, -0.25) is 0 Å². The zero-order valence-corrected chi connectivity index (χ0v) is 11.0. The van der Waals surface area contributed by atoms with Crippen LogP contribution in [-0.2, 0) is 17.7 Å². The lowest BCUT2D eigenvalue weighted by Crippen LogP contribution is -2.36. The van der Waals surface area contributed by atoms with E-state index in [1.807, 2.05) is 7.11 Å². The average Bonchev–Trinajstić information content (AvgIpc) is 3.04. The Labute approximate surface area is 109 Å². The maximum absolute atomic E-state index is 5.53. The first-order valence-electron chi connectivity index (χ1n) is 6.99. The molecule has 2 aliphatic rings. The van der Waals surface area contributed by atoms with Crippen molar-refractivity contribution in [3.05, 3.63) is 29.3 Å². The van der Waals surface area contributed by atoms with Gasteiger partial charge in [0.25, 0.3) is 0 Å². The smallest absolute Gasteiger partial charge is 0.0724 e. The molecule has 2 atom stereocenters. The molecule has 0 amide bonds. The van der Waals surface area contributed by atoms with E-state index in [9.17, 15) is 0 Å². The summed E-state index contributed by atoms with van der Waals surface area (Å²) in [5, 5.41) is 7.16. The number of hydrogen-bond acceptors (Lipinski definition) is 3. The third-order valence-corrected chi connectivity index (χ3v) is 4.24. The maximum atomic E-state index is 5.53. The summed E-state index contributed by atoms with van der Waals surface area (Å²) in [7, 11) is 1.83. The van der Waals surface area contributed by atoms with Crippen molar-refractivity contribution in [2.75, 3.05) is 19.0 Å². The number of nitrogens with one attached hydrogen (secondary N) is 2. The Morgan fingerprint density at radius 3 is 3.22 bits per heavy atom. The van der Waals surface area contributed by atoms with Crippen molar-refractivity contribution < 1.29 is 4.74 Å². The molecule has 0 radical (unpaired) electrons. The van der Waals surface area contributed by atoms with Crippen molar-refractivity contribution in [3.8, 4) is 0 Å². The number of fused-ring (bicyclic) bond motifs is 1. The van der Waals surface area contributed by atoms with Crippen LogP contribution in [0.25, 0.3) is 0 Å². The van der Waals surface area contributed by atoms with Crippen LogP contribution in [0.15, 0.2) is 18.2 Å². The fourth-order valence-electron chi connectivity index (χ4n) is 3.24. The van der Waals surface area contributed by atoms with Crippen molar-refractivity contribution in [2.45, 2.75) is 44.4 Å². The second-order valence-corrected chi connectivity index (χ2v) is 5.32. The minimum absolute atomic E-state index is 0.398. The van der Waals surface area contributed by atoms with Crippen molar-refractivity contribution in [1.29, 1.82) is 0 Å². The van der Waals surface area contributed by atoms with Crippen molar-refractivity contribution in [3.63, 3.8) is 0 Å². The molecule has 1 aliphatic heterocycles. The Hall–Kier alpha value is -1.06. The van der Waals surface area contributed by atoms with Gasteiger partial charge in [-0.25, -0.2) is 0 Å². The second-order valence-electron chi connectivity index (χ2n) is 5.32. The van der Waals surface area contributed by atoms with Crippen molar-refractivity contribution >= 4 is 5.69 Å². The van der Waals surface area contributed by atoms with Crippen LogP contribution in [0.5, 0.6) is 0 Å². The minimum atomic E-state index is 0.398. The molecule has 1 fully saturated rings. The summed E-state index contributed by atoms with van der Waals surface area (Å²) in [5.74, 6) is 0. The van der Waals surface area contributed by atoms with Crippen LogP contribution in [0.1, 0.15) is 30.4 Å². The van der Waals surface area contributed by atoms with E-state index in [2.05, 4.69) is 28.8 Å². The molecule has 3 rings (SSSR count). The highest BCUT2D eigenvalue weighted by Gasteiger charge is 2.26. The van der Waals surface area contributed by atoms with Gasteiger partial charge in [0.1, 0.15) is 0 Å². The van der Waals surface area contributed by atoms with E-state index in [0.29, 0.717) is 12.1 Å². The van der Waals surface area contributed by atoms with Gasteiger partial charge in [0, 0.05) is 31.9 Å². The Kier molecular flexibility index (Phi) is 3.52. The number of para-hydroxylation sites is 1.